The summed E-state index contributed by atoms with van der Waals surface area (Å²) in [5.41, 5.74) is 0. The molecule has 0 aliphatic heterocycles. The van der Waals surface area contributed by atoms with Crippen molar-refractivity contribution in [2.75, 3.05) is 6.54 Å². The van der Waals surface area contributed by atoms with Crippen molar-refractivity contribution in [3.8, 4) is 0 Å². The van der Waals surface area contributed by atoms with Crippen LogP contribution in [-0.2, 0) is 10.0 Å². The number of hydrogen-bond acceptors (Lipinski definition) is 2. The van der Waals surface area contributed by atoms with E-state index >= 15 is 0 Å². The maximum absolute atomic E-state index is 11.7. The second-order valence-corrected chi connectivity index (χ2v) is 6.72. The Kier molecular flexibility index (Phi) is 4.67. The number of halogens is 1. The average Bonchev–Trinajstić information content (AvgIpc) is 2.16. The van der Waals surface area contributed by atoms with Crippen LogP contribution in [0.2, 0.25) is 0 Å². The second kappa shape index (κ2) is 5.33. The number of hydrogen-bond donors (Lipinski definition) is 1. The Bertz CT molecular complexity index is 258. The van der Waals surface area contributed by atoms with Crippen molar-refractivity contribution in [3.63, 3.8) is 0 Å². The minimum absolute atomic E-state index is 0.145. The van der Waals surface area contributed by atoms with Gasteiger partial charge in [0.1, 0.15) is 0 Å². The average molecular weight is 240 g/mol. The van der Waals surface area contributed by atoms with Crippen LogP contribution >= 0.6 is 11.6 Å². The van der Waals surface area contributed by atoms with Crippen LogP contribution in [0, 0.1) is 0 Å². The molecule has 1 N–H and O–H groups in total. The van der Waals surface area contributed by atoms with Gasteiger partial charge in [-0.25, -0.2) is 13.1 Å². The van der Waals surface area contributed by atoms with Crippen molar-refractivity contribution in [1.29, 1.82) is 0 Å². The van der Waals surface area contributed by atoms with E-state index in [9.17, 15) is 8.42 Å². The predicted octanol–water partition coefficient (Wildman–Crippen LogP) is 1.87. The Labute approximate surface area is 91.3 Å². The Hall–Kier alpha value is 0.200. The van der Waals surface area contributed by atoms with Crippen molar-refractivity contribution in [2.45, 2.75) is 49.7 Å². The third-order valence-electron chi connectivity index (χ3n) is 2.56. The maximum atomic E-state index is 11.7. The zero-order valence-corrected chi connectivity index (χ0v) is 10.1. The van der Waals surface area contributed by atoms with Gasteiger partial charge in [-0.15, -0.1) is 11.6 Å². The molecule has 5 heteroatoms. The van der Waals surface area contributed by atoms with Gasteiger partial charge < -0.3 is 0 Å². The van der Waals surface area contributed by atoms with Crippen LogP contribution in [-0.4, -0.2) is 25.6 Å². The summed E-state index contributed by atoms with van der Waals surface area (Å²) in [7, 11) is -3.11. The highest BCUT2D eigenvalue weighted by Crippen LogP contribution is 2.22. The standard InChI is InChI=1S/C9H18ClNO2S/c1-8(10)7-11-14(12,13)9-5-3-2-4-6-9/h8-9,11H,2-7H2,1H3. The van der Waals surface area contributed by atoms with Crippen LogP contribution in [0.4, 0.5) is 0 Å². The SMILES string of the molecule is CC(Cl)CNS(=O)(=O)C1CCCCC1. The summed E-state index contributed by atoms with van der Waals surface area (Å²) >= 11 is 5.70. The van der Waals surface area contributed by atoms with Crippen molar-refractivity contribution < 1.29 is 8.42 Å². The molecule has 0 amide bonds. The first-order valence-electron chi connectivity index (χ1n) is 5.15. The van der Waals surface area contributed by atoms with Crippen LogP contribution in [0.15, 0.2) is 0 Å². The van der Waals surface area contributed by atoms with Gasteiger partial charge >= 0.3 is 0 Å². The van der Waals surface area contributed by atoms with Gasteiger partial charge in [0.15, 0.2) is 0 Å². The van der Waals surface area contributed by atoms with E-state index in [4.69, 9.17) is 11.6 Å². The quantitative estimate of drug-likeness (QED) is 0.762. The molecule has 0 saturated heterocycles. The number of sulfonamides is 1. The van der Waals surface area contributed by atoms with Gasteiger partial charge in [0.05, 0.1) is 5.25 Å². The minimum atomic E-state index is -3.11. The molecule has 0 spiro atoms. The fraction of sp³-hybridized carbons (Fsp3) is 1.00. The topological polar surface area (TPSA) is 46.2 Å². The molecule has 0 bridgehead atoms. The highest BCUT2D eigenvalue weighted by molar-refractivity contribution is 7.90. The summed E-state index contributed by atoms with van der Waals surface area (Å²) in [4.78, 5) is 0. The fourth-order valence-electron chi connectivity index (χ4n) is 1.72. The molecule has 0 aromatic rings. The molecule has 0 aromatic heterocycles. The monoisotopic (exact) mass is 239 g/mol. The summed E-state index contributed by atoms with van der Waals surface area (Å²) in [5, 5.41) is -0.333. The van der Waals surface area contributed by atoms with Crippen LogP contribution in [0.5, 0.6) is 0 Å². The van der Waals surface area contributed by atoms with E-state index in [-0.39, 0.29) is 10.6 Å². The lowest BCUT2D eigenvalue weighted by atomic mass is 10.0. The lowest BCUT2D eigenvalue weighted by molar-refractivity contribution is 0.477. The smallest absolute Gasteiger partial charge is 0.214 e. The number of alkyl halides is 1. The number of nitrogens with one attached hydrogen (secondary N) is 1. The molecule has 0 heterocycles. The summed E-state index contributed by atoms with van der Waals surface area (Å²) in [5.74, 6) is 0. The van der Waals surface area contributed by atoms with Crippen molar-refractivity contribution >= 4 is 21.6 Å². The summed E-state index contributed by atoms with van der Waals surface area (Å²) in [6.07, 6.45) is 4.82. The van der Waals surface area contributed by atoms with Crippen LogP contribution < -0.4 is 4.72 Å². The van der Waals surface area contributed by atoms with E-state index in [1.54, 1.807) is 6.92 Å². The molecule has 3 nitrogen and oxygen atoms in total. The summed E-state index contributed by atoms with van der Waals surface area (Å²) in [6.45, 7) is 2.12. The molecule has 1 atom stereocenters. The molecule has 14 heavy (non-hydrogen) atoms. The molecule has 1 saturated carbocycles. The lowest BCUT2D eigenvalue weighted by Crippen LogP contribution is -2.38. The lowest BCUT2D eigenvalue weighted by Gasteiger charge is -2.22. The molecule has 0 aromatic carbocycles. The van der Waals surface area contributed by atoms with Crippen molar-refractivity contribution in [2.24, 2.45) is 0 Å². The first kappa shape index (κ1) is 12.3. The van der Waals surface area contributed by atoms with E-state index in [0.717, 1.165) is 32.1 Å². The van der Waals surface area contributed by atoms with Crippen molar-refractivity contribution in [3.05, 3.63) is 0 Å². The molecule has 1 aliphatic carbocycles. The predicted molar refractivity (Wildman–Crippen MR) is 59.1 cm³/mol. The van der Waals surface area contributed by atoms with Gasteiger partial charge in [0, 0.05) is 11.9 Å². The third-order valence-corrected chi connectivity index (χ3v) is 4.63. The minimum Gasteiger partial charge on any atom is -0.214 e. The first-order valence-corrected chi connectivity index (χ1v) is 7.13. The van der Waals surface area contributed by atoms with Crippen LogP contribution in [0.25, 0.3) is 0 Å². The van der Waals surface area contributed by atoms with Gasteiger partial charge in [0.25, 0.3) is 0 Å². The van der Waals surface area contributed by atoms with Gasteiger partial charge in [-0.3, -0.25) is 0 Å². The largest absolute Gasteiger partial charge is 0.214 e. The van der Waals surface area contributed by atoms with E-state index in [1.807, 2.05) is 0 Å². The van der Waals surface area contributed by atoms with E-state index in [1.165, 1.54) is 0 Å². The zero-order valence-electron chi connectivity index (χ0n) is 8.50. The molecule has 1 aliphatic rings. The van der Waals surface area contributed by atoms with E-state index in [2.05, 4.69) is 4.72 Å². The van der Waals surface area contributed by atoms with Gasteiger partial charge in [0.2, 0.25) is 10.0 Å². The van der Waals surface area contributed by atoms with Gasteiger partial charge in [-0.2, -0.15) is 0 Å². The van der Waals surface area contributed by atoms with E-state index in [0.29, 0.717) is 6.54 Å². The molecule has 1 unspecified atom stereocenters. The molecular formula is C9H18ClNO2S. The Balaban J connectivity index is 2.46. The highest BCUT2D eigenvalue weighted by atomic mass is 35.5. The highest BCUT2D eigenvalue weighted by Gasteiger charge is 2.26. The van der Waals surface area contributed by atoms with Gasteiger partial charge in [-0.1, -0.05) is 19.3 Å². The van der Waals surface area contributed by atoms with E-state index < -0.39 is 10.0 Å². The van der Waals surface area contributed by atoms with Crippen LogP contribution in [0.3, 0.4) is 0 Å². The summed E-state index contributed by atoms with van der Waals surface area (Å²) < 4.78 is 26.0. The molecule has 1 rings (SSSR count). The summed E-state index contributed by atoms with van der Waals surface area (Å²) in [6, 6.07) is 0. The normalized spacial score (nSPS) is 22.1. The first-order chi connectivity index (χ1) is 6.52. The molecule has 0 radical (unpaired) electrons. The Morgan fingerprint density at radius 2 is 1.93 bits per heavy atom. The Morgan fingerprint density at radius 3 is 2.43 bits per heavy atom. The Morgan fingerprint density at radius 1 is 1.36 bits per heavy atom. The third kappa shape index (κ3) is 3.75. The zero-order chi connectivity index (χ0) is 10.6. The second-order valence-electron chi connectivity index (χ2n) is 3.93. The fourth-order valence-corrected chi connectivity index (χ4v) is 3.56. The maximum Gasteiger partial charge on any atom is 0.214 e. The molecule has 1 fully saturated rings. The molecular weight excluding hydrogens is 222 g/mol. The van der Waals surface area contributed by atoms with Gasteiger partial charge in [-0.05, 0) is 19.8 Å². The number of rotatable bonds is 4. The van der Waals surface area contributed by atoms with Crippen LogP contribution in [0.1, 0.15) is 39.0 Å². The van der Waals surface area contributed by atoms with Crippen molar-refractivity contribution in [1.82, 2.24) is 4.72 Å². The molecule has 84 valence electrons.